The highest BCUT2D eigenvalue weighted by Crippen LogP contribution is 2.52. The van der Waals surface area contributed by atoms with E-state index in [1.807, 2.05) is 0 Å². The van der Waals surface area contributed by atoms with Crippen molar-refractivity contribution in [3.05, 3.63) is 0 Å². The lowest BCUT2D eigenvalue weighted by Crippen LogP contribution is -2.29. The van der Waals surface area contributed by atoms with Crippen molar-refractivity contribution in [1.29, 1.82) is 0 Å². The molecule has 2 saturated carbocycles. The van der Waals surface area contributed by atoms with E-state index in [9.17, 15) is 0 Å². The Morgan fingerprint density at radius 1 is 0.733 bits per heavy atom. The van der Waals surface area contributed by atoms with Crippen molar-refractivity contribution < 1.29 is 0 Å². The molecule has 0 aromatic carbocycles. The van der Waals surface area contributed by atoms with Gasteiger partial charge in [0.25, 0.3) is 0 Å². The van der Waals surface area contributed by atoms with Crippen LogP contribution in [0.5, 0.6) is 0 Å². The van der Waals surface area contributed by atoms with Crippen molar-refractivity contribution in [3.8, 4) is 0 Å². The predicted molar refractivity (Wildman–Crippen MR) is 66.9 cm³/mol. The zero-order valence-corrected chi connectivity index (χ0v) is 10.9. The predicted octanol–water partition coefficient (Wildman–Crippen LogP) is 5.17. The van der Waals surface area contributed by atoms with Crippen molar-refractivity contribution in [3.63, 3.8) is 0 Å². The standard InChI is InChI=1S/C15H28/c1-13(2)15-9-5-4-7-14(3,11-12-15)8-6-10-15/h13H,4-12H2,1-3H3/t14?,15-/m0/s1. The Balaban J connectivity index is 2.19. The quantitative estimate of drug-likeness (QED) is 0.557. The Hall–Kier alpha value is 0. The summed E-state index contributed by atoms with van der Waals surface area (Å²) in [5, 5.41) is 0. The van der Waals surface area contributed by atoms with Crippen LogP contribution in [0, 0.1) is 16.7 Å². The number of hydrogen-bond donors (Lipinski definition) is 0. The van der Waals surface area contributed by atoms with Gasteiger partial charge in [-0.25, -0.2) is 0 Å². The lowest BCUT2D eigenvalue weighted by atomic mass is 9.65. The minimum Gasteiger partial charge on any atom is -0.0622 e. The SMILES string of the molecule is CC(C)[C@@]12CCCCC(C)(CCC1)CC2. The van der Waals surface area contributed by atoms with Gasteiger partial charge in [0.15, 0.2) is 0 Å². The summed E-state index contributed by atoms with van der Waals surface area (Å²) in [6.07, 6.45) is 13.5. The topological polar surface area (TPSA) is 0 Å². The molecule has 0 aliphatic heterocycles. The largest absolute Gasteiger partial charge is 0.0622 e. The highest BCUT2D eigenvalue weighted by atomic mass is 14.5. The summed E-state index contributed by atoms with van der Waals surface area (Å²) in [6.45, 7) is 7.48. The van der Waals surface area contributed by atoms with E-state index >= 15 is 0 Å². The Labute approximate surface area is 95.8 Å². The Morgan fingerprint density at radius 2 is 1.33 bits per heavy atom. The minimum absolute atomic E-state index is 0.705. The van der Waals surface area contributed by atoms with Crippen LogP contribution in [0.15, 0.2) is 0 Å². The molecule has 0 N–H and O–H groups in total. The van der Waals surface area contributed by atoms with Crippen LogP contribution in [0.3, 0.4) is 0 Å². The number of hydrogen-bond acceptors (Lipinski definition) is 0. The van der Waals surface area contributed by atoms with Gasteiger partial charge >= 0.3 is 0 Å². The van der Waals surface area contributed by atoms with Crippen molar-refractivity contribution in [2.75, 3.05) is 0 Å². The summed E-state index contributed by atoms with van der Waals surface area (Å²) in [7, 11) is 0. The number of rotatable bonds is 1. The average molecular weight is 208 g/mol. The van der Waals surface area contributed by atoms with Crippen LogP contribution in [0.1, 0.15) is 78.6 Å². The van der Waals surface area contributed by atoms with Crippen molar-refractivity contribution in [1.82, 2.24) is 0 Å². The van der Waals surface area contributed by atoms with E-state index in [1.54, 1.807) is 0 Å². The van der Waals surface area contributed by atoms with E-state index in [1.165, 1.54) is 57.8 Å². The molecule has 2 rings (SSSR count). The van der Waals surface area contributed by atoms with E-state index in [2.05, 4.69) is 20.8 Å². The van der Waals surface area contributed by atoms with Gasteiger partial charge in [-0.05, 0) is 55.3 Å². The van der Waals surface area contributed by atoms with Gasteiger partial charge in [-0.3, -0.25) is 0 Å². The fourth-order valence-electron chi connectivity index (χ4n) is 4.06. The number of fused-ring (bicyclic) bond motifs is 3. The van der Waals surface area contributed by atoms with Gasteiger partial charge in [-0.1, -0.05) is 40.0 Å². The van der Waals surface area contributed by atoms with E-state index in [4.69, 9.17) is 0 Å². The maximum atomic E-state index is 2.55. The smallest absolute Gasteiger partial charge is 0.0274 e. The van der Waals surface area contributed by atoms with E-state index < -0.39 is 0 Å². The fraction of sp³-hybridized carbons (Fsp3) is 1.00. The summed E-state index contributed by atoms with van der Waals surface area (Å²) in [6, 6.07) is 0. The first-order chi connectivity index (χ1) is 7.06. The summed E-state index contributed by atoms with van der Waals surface area (Å²) in [4.78, 5) is 0. The molecule has 1 unspecified atom stereocenters. The third-order valence-electron chi connectivity index (χ3n) is 5.61. The monoisotopic (exact) mass is 208 g/mol. The molecule has 0 spiro atoms. The summed E-state index contributed by atoms with van der Waals surface area (Å²) >= 11 is 0. The second kappa shape index (κ2) is 4.11. The van der Waals surface area contributed by atoms with Crippen LogP contribution in [0.25, 0.3) is 0 Å². The van der Waals surface area contributed by atoms with Crippen LogP contribution < -0.4 is 0 Å². The Bertz CT molecular complexity index is 218. The van der Waals surface area contributed by atoms with Gasteiger partial charge in [0, 0.05) is 0 Å². The molecule has 0 heterocycles. The molecule has 2 fully saturated rings. The highest BCUT2D eigenvalue weighted by molar-refractivity contribution is 4.91. The van der Waals surface area contributed by atoms with Crippen molar-refractivity contribution in [2.24, 2.45) is 16.7 Å². The van der Waals surface area contributed by atoms with Gasteiger partial charge in [-0.15, -0.1) is 0 Å². The molecule has 88 valence electrons. The lowest BCUT2D eigenvalue weighted by Gasteiger charge is -2.40. The molecule has 0 aromatic rings. The van der Waals surface area contributed by atoms with E-state index in [0.717, 1.165) is 11.3 Å². The van der Waals surface area contributed by atoms with Gasteiger partial charge < -0.3 is 0 Å². The highest BCUT2D eigenvalue weighted by Gasteiger charge is 2.40. The fourth-order valence-corrected chi connectivity index (χ4v) is 4.06. The molecule has 2 aliphatic rings. The second-order valence-corrected chi connectivity index (χ2v) is 6.89. The van der Waals surface area contributed by atoms with Crippen molar-refractivity contribution in [2.45, 2.75) is 78.6 Å². The molecule has 2 aliphatic carbocycles. The Morgan fingerprint density at radius 3 is 2.07 bits per heavy atom. The third-order valence-corrected chi connectivity index (χ3v) is 5.61. The first kappa shape index (κ1) is 11.5. The normalized spacial score (nSPS) is 42.4. The molecule has 0 amide bonds. The average Bonchev–Trinajstić information content (AvgIpc) is 2.27. The zero-order valence-electron chi connectivity index (χ0n) is 10.9. The molecule has 15 heavy (non-hydrogen) atoms. The van der Waals surface area contributed by atoms with E-state index in [0.29, 0.717) is 5.41 Å². The maximum absolute atomic E-state index is 2.55. The van der Waals surface area contributed by atoms with Crippen LogP contribution in [0.2, 0.25) is 0 Å². The van der Waals surface area contributed by atoms with Crippen LogP contribution >= 0.6 is 0 Å². The van der Waals surface area contributed by atoms with Crippen LogP contribution in [-0.4, -0.2) is 0 Å². The van der Waals surface area contributed by atoms with Gasteiger partial charge in [-0.2, -0.15) is 0 Å². The maximum Gasteiger partial charge on any atom is -0.0274 e. The van der Waals surface area contributed by atoms with Crippen LogP contribution in [0.4, 0.5) is 0 Å². The molecule has 0 heteroatoms. The first-order valence-corrected chi connectivity index (χ1v) is 7.06. The Kier molecular flexibility index (Phi) is 3.14. The summed E-state index contributed by atoms with van der Waals surface area (Å²) < 4.78 is 0. The van der Waals surface area contributed by atoms with E-state index in [-0.39, 0.29) is 0 Å². The van der Waals surface area contributed by atoms with Gasteiger partial charge in [0.1, 0.15) is 0 Å². The third kappa shape index (κ3) is 2.24. The van der Waals surface area contributed by atoms with Crippen LogP contribution in [-0.2, 0) is 0 Å². The van der Waals surface area contributed by atoms with Gasteiger partial charge in [0.05, 0.1) is 0 Å². The molecule has 2 atom stereocenters. The minimum atomic E-state index is 0.705. The molecular weight excluding hydrogens is 180 g/mol. The lowest BCUT2D eigenvalue weighted by molar-refractivity contribution is 0.112. The van der Waals surface area contributed by atoms with Crippen molar-refractivity contribution >= 4 is 0 Å². The molecule has 0 nitrogen and oxygen atoms in total. The second-order valence-electron chi connectivity index (χ2n) is 6.89. The van der Waals surface area contributed by atoms with Gasteiger partial charge in [0.2, 0.25) is 0 Å². The first-order valence-electron chi connectivity index (χ1n) is 7.06. The molecule has 0 saturated heterocycles. The zero-order chi connectivity index (χ0) is 10.9. The molecule has 0 aromatic heterocycles. The molecule has 0 radical (unpaired) electrons. The molecular formula is C15H28. The summed E-state index contributed by atoms with van der Waals surface area (Å²) in [5.74, 6) is 0.901. The summed E-state index contributed by atoms with van der Waals surface area (Å²) in [5.41, 5.74) is 1.43. The molecule has 2 bridgehead atoms.